The summed E-state index contributed by atoms with van der Waals surface area (Å²) in [7, 11) is 0. The molecule has 0 amide bonds. The SMILES string of the molecule is CCOC(=O)c1c(-c2ccc(Cl)cc2)cc(-c2ccccc2)nc1NC1CCCCC1. The zero-order valence-corrected chi connectivity index (χ0v) is 18.5. The molecule has 0 radical (unpaired) electrons. The molecule has 1 aliphatic rings. The highest BCUT2D eigenvalue weighted by molar-refractivity contribution is 6.30. The fourth-order valence-electron chi connectivity index (χ4n) is 4.11. The number of ether oxygens (including phenoxy) is 1. The highest BCUT2D eigenvalue weighted by Crippen LogP contribution is 2.35. The number of pyridine rings is 1. The van der Waals surface area contributed by atoms with E-state index in [2.05, 4.69) is 5.32 Å². The van der Waals surface area contributed by atoms with Crippen LogP contribution in [0.5, 0.6) is 0 Å². The third kappa shape index (κ3) is 5.08. The van der Waals surface area contributed by atoms with Gasteiger partial charge < -0.3 is 10.1 Å². The molecule has 1 N–H and O–H groups in total. The molecule has 31 heavy (non-hydrogen) atoms. The molecule has 0 saturated heterocycles. The molecule has 3 aromatic rings. The highest BCUT2D eigenvalue weighted by Gasteiger charge is 2.24. The Morgan fingerprint density at radius 3 is 2.42 bits per heavy atom. The van der Waals surface area contributed by atoms with Gasteiger partial charge in [-0.2, -0.15) is 0 Å². The van der Waals surface area contributed by atoms with E-state index in [-0.39, 0.29) is 5.97 Å². The molecule has 0 atom stereocenters. The van der Waals surface area contributed by atoms with Crippen LogP contribution in [0.4, 0.5) is 5.82 Å². The molecule has 0 spiro atoms. The molecular weight excluding hydrogens is 408 g/mol. The maximum atomic E-state index is 13.1. The summed E-state index contributed by atoms with van der Waals surface area (Å²) in [5, 5.41) is 4.23. The molecule has 0 bridgehead atoms. The number of halogens is 1. The fourth-order valence-corrected chi connectivity index (χ4v) is 4.24. The van der Waals surface area contributed by atoms with E-state index in [9.17, 15) is 4.79 Å². The van der Waals surface area contributed by atoms with Crippen LogP contribution in [0.3, 0.4) is 0 Å². The first-order valence-corrected chi connectivity index (χ1v) is 11.3. The Morgan fingerprint density at radius 2 is 1.74 bits per heavy atom. The Labute approximate surface area is 188 Å². The zero-order chi connectivity index (χ0) is 21.6. The Kier molecular flexibility index (Phi) is 6.88. The number of carbonyl (C=O) groups is 1. The minimum Gasteiger partial charge on any atom is -0.462 e. The number of hydrogen-bond acceptors (Lipinski definition) is 4. The van der Waals surface area contributed by atoms with Crippen LogP contribution >= 0.6 is 11.6 Å². The quantitative estimate of drug-likeness (QED) is 0.424. The maximum Gasteiger partial charge on any atom is 0.342 e. The van der Waals surface area contributed by atoms with Crippen LogP contribution in [0.2, 0.25) is 5.02 Å². The van der Waals surface area contributed by atoms with Crippen molar-refractivity contribution in [2.24, 2.45) is 0 Å². The van der Waals surface area contributed by atoms with E-state index < -0.39 is 0 Å². The van der Waals surface area contributed by atoms with Gasteiger partial charge >= 0.3 is 5.97 Å². The first-order chi connectivity index (χ1) is 15.2. The number of nitrogens with zero attached hydrogens (tertiary/aromatic N) is 1. The Balaban J connectivity index is 1.89. The lowest BCUT2D eigenvalue weighted by molar-refractivity contribution is 0.0528. The molecule has 4 nitrogen and oxygen atoms in total. The molecule has 4 rings (SSSR count). The minimum atomic E-state index is -0.363. The standard InChI is InChI=1S/C26H27ClN2O2/c1-2-31-26(30)24-22(18-13-15-20(27)16-14-18)17-23(19-9-5-3-6-10-19)29-25(24)28-21-11-7-4-8-12-21/h3,5-6,9-10,13-17,21H,2,4,7-8,11-12H2,1H3,(H,28,29). The lowest BCUT2D eigenvalue weighted by Gasteiger charge is -2.25. The van der Waals surface area contributed by atoms with Gasteiger partial charge in [-0.1, -0.05) is 73.3 Å². The van der Waals surface area contributed by atoms with Crippen molar-refractivity contribution in [3.05, 3.63) is 71.2 Å². The van der Waals surface area contributed by atoms with Crippen molar-refractivity contribution in [3.8, 4) is 22.4 Å². The van der Waals surface area contributed by atoms with Crippen molar-refractivity contribution in [2.45, 2.75) is 45.1 Å². The van der Waals surface area contributed by atoms with Gasteiger partial charge in [-0.25, -0.2) is 9.78 Å². The van der Waals surface area contributed by atoms with E-state index in [0.29, 0.717) is 29.1 Å². The van der Waals surface area contributed by atoms with Crippen LogP contribution in [0.25, 0.3) is 22.4 Å². The second kappa shape index (κ2) is 9.97. The number of aromatic nitrogens is 1. The van der Waals surface area contributed by atoms with Gasteiger partial charge in [0.1, 0.15) is 11.4 Å². The molecule has 1 fully saturated rings. The third-order valence-corrected chi connectivity index (χ3v) is 5.92. The number of anilines is 1. The number of carbonyl (C=O) groups excluding carboxylic acids is 1. The zero-order valence-electron chi connectivity index (χ0n) is 17.7. The van der Waals surface area contributed by atoms with E-state index in [4.69, 9.17) is 21.3 Å². The molecule has 1 aliphatic carbocycles. The van der Waals surface area contributed by atoms with Gasteiger partial charge in [-0.3, -0.25) is 0 Å². The van der Waals surface area contributed by atoms with Crippen LogP contribution in [-0.2, 0) is 4.74 Å². The monoisotopic (exact) mass is 434 g/mol. The van der Waals surface area contributed by atoms with E-state index in [1.165, 1.54) is 19.3 Å². The van der Waals surface area contributed by atoms with Crippen molar-refractivity contribution in [1.29, 1.82) is 0 Å². The van der Waals surface area contributed by atoms with Gasteiger partial charge in [0.15, 0.2) is 0 Å². The number of nitrogens with one attached hydrogen (secondary N) is 1. The summed E-state index contributed by atoms with van der Waals surface area (Å²) in [6, 6.07) is 19.8. The van der Waals surface area contributed by atoms with Crippen molar-refractivity contribution in [3.63, 3.8) is 0 Å². The normalized spacial score (nSPS) is 14.3. The van der Waals surface area contributed by atoms with Crippen LogP contribution in [0, 0.1) is 0 Å². The van der Waals surface area contributed by atoms with Gasteiger partial charge in [0.25, 0.3) is 0 Å². The average molecular weight is 435 g/mol. The summed E-state index contributed by atoms with van der Waals surface area (Å²) >= 11 is 6.12. The van der Waals surface area contributed by atoms with Crippen LogP contribution in [-0.4, -0.2) is 23.6 Å². The lowest BCUT2D eigenvalue weighted by Crippen LogP contribution is -2.25. The Morgan fingerprint density at radius 1 is 1.03 bits per heavy atom. The van der Waals surface area contributed by atoms with Crippen molar-refractivity contribution in [2.75, 3.05) is 11.9 Å². The molecule has 1 heterocycles. The van der Waals surface area contributed by atoms with E-state index >= 15 is 0 Å². The maximum absolute atomic E-state index is 13.1. The van der Waals surface area contributed by atoms with E-state index in [0.717, 1.165) is 35.2 Å². The molecule has 2 aromatic carbocycles. The predicted molar refractivity (Wildman–Crippen MR) is 127 cm³/mol. The molecule has 160 valence electrons. The molecule has 0 unspecified atom stereocenters. The van der Waals surface area contributed by atoms with Crippen LogP contribution in [0.15, 0.2) is 60.7 Å². The second-order valence-electron chi connectivity index (χ2n) is 7.85. The molecule has 0 aliphatic heterocycles. The second-order valence-corrected chi connectivity index (χ2v) is 8.29. The third-order valence-electron chi connectivity index (χ3n) is 5.67. The lowest BCUT2D eigenvalue weighted by atomic mass is 9.94. The molecule has 5 heteroatoms. The fraction of sp³-hybridized carbons (Fsp3) is 0.308. The number of rotatable bonds is 6. The summed E-state index contributed by atoms with van der Waals surface area (Å²) in [5.74, 6) is 0.231. The van der Waals surface area contributed by atoms with Crippen molar-refractivity contribution in [1.82, 2.24) is 4.98 Å². The number of hydrogen-bond donors (Lipinski definition) is 1. The average Bonchev–Trinajstić information content (AvgIpc) is 2.80. The number of benzene rings is 2. The van der Waals surface area contributed by atoms with Crippen LogP contribution < -0.4 is 5.32 Å². The smallest absolute Gasteiger partial charge is 0.342 e. The topological polar surface area (TPSA) is 51.2 Å². The molecule has 1 saturated carbocycles. The summed E-state index contributed by atoms with van der Waals surface area (Å²) in [6.45, 7) is 2.13. The van der Waals surface area contributed by atoms with Gasteiger partial charge in [0.05, 0.1) is 12.3 Å². The predicted octanol–water partition coefficient (Wildman–Crippen LogP) is 6.99. The first kappa shape index (κ1) is 21.4. The van der Waals surface area contributed by atoms with E-state index in [1.807, 2.05) is 67.6 Å². The summed E-state index contributed by atoms with van der Waals surface area (Å²) < 4.78 is 5.44. The highest BCUT2D eigenvalue weighted by atomic mass is 35.5. The van der Waals surface area contributed by atoms with Gasteiger partial charge in [0.2, 0.25) is 0 Å². The summed E-state index contributed by atoms with van der Waals surface area (Å²) in [6.07, 6.45) is 5.80. The van der Waals surface area contributed by atoms with Gasteiger partial charge in [-0.15, -0.1) is 0 Å². The Hall–Kier alpha value is -2.85. The first-order valence-electron chi connectivity index (χ1n) is 11.0. The summed E-state index contributed by atoms with van der Waals surface area (Å²) in [5.41, 5.74) is 3.99. The van der Waals surface area contributed by atoms with Crippen molar-refractivity contribution >= 4 is 23.4 Å². The van der Waals surface area contributed by atoms with Gasteiger partial charge in [0, 0.05) is 22.2 Å². The molecule has 1 aromatic heterocycles. The largest absolute Gasteiger partial charge is 0.462 e. The molecular formula is C26H27ClN2O2. The number of esters is 1. The van der Waals surface area contributed by atoms with E-state index in [1.54, 1.807) is 0 Å². The van der Waals surface area contributed by atoms with Crippen LogP contribution in [0.1, 0.15) is 49.4 Å². The minimum absolute atomic E-state index is 0.304. The Bertz CT molecular complexity index is 1030. The van der Waals surface area contributed by atoms with Crippen molar-refractivity contribution < 1.29 is 9.53 Å². The van der Waals surface area contributed by atoms with Gasteiger partial charge in [-0.05, 0) is 43.5 Å². The summed E-state index contributed by atoms with van der Waals surface area (Å²) in [4.78, 5) is 18.0.